The lowest BCUT2D eigenvalue weighted by atomic mass is 10.1. The van der Waals surface area contributed by atoms with E-state index in [9.17, 15) is 9.59 Å². The van der Waals surface area contributed by atoms with E-state index in [0.717, 1.165) is 6.42 Å². The predicted molar refractivity (Wildman–Crippen MR) is 69.8 cm³/mol. The minimum atomic E-state index is -1.08. The number of hydrogen-bond donors (Lipinski definition) is 1. The maximum absolute atomic E-state index is 12.5. The second-order valence-corrected chi connectivity index (χ2v) is 4.86. The van der Waals surface area contributed by atoms with Crippen molar-refractivity contribution in [2.75, 3.05) is 18.1 Å². The normalized spacial score (nSPS) is 24.9. The number of para-hydroxylation sites is 2. The molecule has 1 N–H and O–H groups in total. The number of amides is 1. The highest BCUT2D eigenvalue weighted by Crippen LogP contribution is 2.34. The second kappa shape index (κ2) is 5.13. The zero-order valence-electron chi connectivity index (χ0n) is 10.8. The van der Waals surface area contributed by atoms with E-state index in [4.69, 9.17) is 14.6 Å². The van der Waals surface area contributed by atoms with Gasteiger partial charge in [0, 0.05) is 6.61 Å². The molecule has 0 aliphatic carbocycles. The van der Waals surface area contributed by atoms with Crippen LogP contribution in [0.4, 0.5) is 5.69 Å². The van der Waals surface area contributed by atoms with Gasteiger partial charge < -0.3 is 19.5 Å². The van der Waals surface area contributed by atoms with E-state index in [0.29, 0.717) is 24.5 Å². The summed E-state index contributed by atoms with van der Waals surface area (Å²) in [5.41, 5.74) is 0.602. The van der Waals surface area contributed by atoms with Crippen LogP contribution in [0.2, 0.25) is 0 Å². The van der Waals surface area contributed by atoms with Crippen molar-refractivity contribution in [3.8, 4) is 5.75 Å². The maximum atomic E-state index is 12.5. The van der Waals surface area contributed by atoms with Crippen molar-refractivity contribution in [3.63, 3.8) is 0 Å². The number of carboxylic acids is 1. The van der Waals surface area contributed by atoms with Crippen molar-refractivity contribution in [2.45, 2.75) is 25.0 Å². The molecule has 20 heavy (non-hydrogen) atoms. The summed E-state index contributed by atoms with van der Waals surface area (Å²) in [4.78, 5) is 25.1. The molecule has 2 aliphatic heterocycles. The molecule has 1 aromatic carbocycles. The molecule has 1 saturated heterocycles. The van der Waals surface area contributed by atoms with E-state index in [1.54, 1.807) is 24.3 Å². The van der Waals surface area contributed by atoms with Gasteiger partial charge in [0.25, 0.3) is 5.91 Å². The van der Waals surface area contributed by atoms with E-state index < -0.39 is 18.2 Å². The van der Waals surface area contributed by atoms with Crippen molar-refractivity contribution in [1.29, 1.82) is 0 Å². The van der Waals surface area contributed by atoms with Crippen molar-refractivity contribution >= 4 is 17.6 Å². The number of carbonyl (C=O) groups is 2. The van der Waals surface area contributed by atoms with Crippen LogP contribution in [0.3, 0.4) is 0 Å². The van der Waals surface area contributed by atoms with Gasteiger partial charge >= 0.3 is 5.97 Å². The first kappa shape index (κ1) is 12.9. The summed E-state index contributed by atoms with van der Waals surface area (Å²) in [7, 11) is 0. The summed E-state index contributed by atoms with van der Waals surface area (Å²) >= 11 is 0. The number of anilines is 1. The van der Waals surface area contributed by atoms with Crippen molar-refractivity contribution in [3.05, 3.63) is 24.3 Å². The smallest absolute Gasteiger partial charge is 0.346 e. The molecule has 1 amide bonds. The van der Waals surface area contributed by atoms with Crippen LogP contribution in [0, 0.1) is 0 Å². The van der Waals surface area contributed by atoms with Crippen LogP contribution in [-0.2, 0) is 14.3 Å². The molecule has 0 aromatic heterocycles. The van der Waals surface area contributed by atoms with Crippen LogP contribution in [0.5, 0.6) is 5.75 Å². The van der Waals surface area contributed by atoms with Crippen LogP contribution in [0.1, 0.15) is 12.8 Å². The van der Waals surface area contributed by atoms with Gasteiger partial charge in [0.15, 0.2) is 0 Å². The Bertz CT molecular complexity index is 538. The van der Waals surface area contributed by atoms with Crippen molar-refractivity contribution < 1.29 is 24.2 Å². The first-order valence-electron chi connectivity index (χ1n) is 6.58. The monoisotopic (exact) mass is 277 g/mol. The molecule has 0 spiro atoms. The van der Waals surface area contributed by atoms with Crippen LogP contribution >= 0.6 is 0 Å². The molecule has 2 heterocycles. The number of fused-ring (bicyclic) bond motifs is 1. The summed E-state index contributed by atoms with van der Waals surface area (Å²) in [6, 6.07) is 6.96. The summed E-state index contributed by atoms with van der Waals surface area (Å²) in [6.45, 7) is 0.579. The molecule has 0 radical (unpaired) electrons. The molecular formula is C14H15NO5. The van der Waals surface area contributed by atoms with Crippen LogP contribution in [-0.4, -0.2) is 42.3 Å². The number of carboxylic acid groups (broad SMARTS) is 1. The summed E-state index contributed by atoms with van der Waals surface area (Å²) in [5.74, 6) is -0.855. The van der Waals surface area contributed by atoms with E-state index in [-0.39, 0.29) is 12.5 Å². The standard InChI is InChI=1S/C14H15NO5/c16-13(11-6-3-7-19-11)15-8-12(14(17)18)20-10-5-2-1-4-9(10)15/h1-2,4-5,11-12H,3,6-8H2,(H,17,18)/t11-,12?/m1/s1. The van der Waals surface area contributed by atoms with E-state index in [1.807, 2.05) is 0 Å². The molecule has 1 aromatic rings. The fourth-order valence-corrected chi connectivity index (χ4v) is 2.52. The molecular weight excluding hydrogens is 262 g/mol. The lowest BCUT2D eigenvalue weighted by Crippen LogP contribution is -2.50. The Hall–Kier alpha value is -2.08. The van der Waals surface area contributed by atoms with Gasteiger partial charge in [-0.2, -0.15) is 0 Å². The SMILES string of the molecule is O=C(O)C1CN(C(=O)[C@H]2CCCO2)c2ccccc2O1. The summed E-state index contributed by atoms with van der Waals surface area (Å²) in [5, 5.41) is 9.13. The van der Waals surface area contributed by atoms with E-state index >= 15 is 0 Å². The Morgan fingerprint density at radius 2 is 2.05 bits per heavy atom. The lowest BCUT2D eigenvalue weighted by Gasteiger charge is -2.34. The number of hydrogen-bond acceptors (Lipinski definition) is 4. The molecule has 2 aliphatic rings. The number of rotatable bonds is 2. The number of benzene rings is 1. The molecule has 2 atom stereocenters. The first-order chi connectivity index (χ1) is 9.66. The Labute approximate surface area is 115 Å². The molecule has 0 bridgehead atoms. The molecule has 106 valence electrons. The fraction of sp³-hybridized carbons (Fsp3) is 0.429. The Balaban J connectivity index is 1.91. The second-order valence-electron chi connectivity index (χ2n) is 4.86. The largest absolute Gasteiger partial charge is 0.478 e. The highest BCUT2D eigenvalue weighted by atomic mass is 16.5. The zero-order chi connectivity index (χ0) is 14.1. The Morgan fingerprint density at radius 3 is 2.75 bits per heavy atom. The lowest BCUT2D eigenvalue weighted by molar-refractivity contribution is -0.145. The number of nitrogens with zero attached hydrogens (tertiary/aromatic N) is 1. The average Bonchev–Trinajstić information content (AvgIpc) is 2.99. The third kappa shape index (κ3) is 2.22. The van der Waals surface area contributed by atoms with Crippen LogP contribution in [0.25, 0.3) is 0 Å². The van der Waals surface area contributed by atoms with Gasteiger partial charge in [-0.05, 0) is 25.0 Å². The minimum absolute atomic E-state index is 0.00500. The summed E-state index contributed by atoms with van der Waals surface area (Å²) < 4.78 is 10.8. The van der Waals surface area contributed by atoms with Gasteiger partial charge in [-0.25, -0.2) is 4.79 Å². The van der Waals surface area contributed by atoms with Gasteiger partial charge in [0.2, 0.25) is 6.10 Å². The first-order valence-corrected chi connectivity index (χ1v) is 6.58. The molecule has 6 nitrogen and oxygen atoms in total. The van der Waals surface area contributed by atoms with Crippen molar-refractivity contribution in [1.82, 2.24) is 0 Å². The maximum Gasteiger partial charge on any atom is 0.346 e. The zero-order valence-corrected chi connectivity index (χ0v) is 10.8. The molecule has 6 heteroatoms. The molecule has 1 unspecified atom stereocenters. The highest BCUT2D eigenvalue weighted by molar-refractivity contribution is 5.99. The predicted octanol–water partition coefficient (Wildman–Crippen LogP) is 1.04. The third-order valence-corrected chi connectivity index (χ3v) is 3.52. The molecule has 1 fully saturated rings. The molecule has 3 rings (SSSR count). The minimum Gasteiger partial charge on any atom is -0.478 e. The van der Waals surface area contributed by atoms with E-state index in [1.165, 1.54) is 4.90 Å². The third-order valence-electron chi connectivity index (χ3n) is 3.52. The van der Waals surface area contributed by atoms with Crippen LogP contribution < -0.4 is 9.64 Å². The number of ether oxygens (including phenoxy) is 2. The Morgan fingerprint density at radius 1 is 1.25 bits per heavy atom. The van der Waals surface area contributed by atoms with E-state index in [2.05, 4.69) is 0 Å². The Kier molecular flexibility index (Phi) is 3.31. The average molecular weight is 277 g/mol. The van der Waals surface area contributed by atoms with Gasteiger partial charge in [-0.15, -0.1) is 0 Å². The topological polar surface area (TPSA) is 76.1 Å². The quantitative estimate of drug-likeness (QED) is 0.874. The fourth-order valence-electron chi connectivity index (χ4n) is 2.52. The number of aliphatic carboxylic acids is 1. The summed E-state index contributed by atoms with van der Waals surface area (Å²) in [6.07, 6.45) is 0.00626. The van der Waals surface area contributed by atoms with Crippen molar-refractivity contribution in [2.24, 2.45) is 0 Å². The highest BCUT2D eigenvalue weighted by Gasteiger charge is 2.37. The van der Waals surface area contributed by atoms with Gasteiger partial charge in [0.05, 0.1) is 12.2 Å². The molecule has 0 saturated carbocycles. The van der Waals surface area contributed by atoms with Gasteiger partial charge in [-0.3, -0.25) is 4.79 Å². The number of carbonyl (C=O) groups excluding carboxylic acids is 1. The van der Waals surface area contributed by atoms with Crippen LogP contribution in [0.15, 0.2) is 24.3 Å². The van der Waals surface area contributed by atoms with Gasteiger partial charge in [-0.1, -0.05) is 12.1 Å². The van der Waals surface area contributed by atoms with Gasteiger partial charge in [0.1, 0.15) is 11.9 Å².